The SMILES string of the molecule is Cc1cccc(/C=C/C(=O)Nc2snc(C)c2C(=O)O)c1. The minimum Gasteiger partial charge on any atom is -0.478 e. The maximum absolute atomic E-state index is 11.8. The van der Waals surface area contributed by atoms with Crippen LogP contribution in [0.4, 0.5) is 5.00 Å². The molecule has 0 fully saturated rings. The van der Waals surface area contributed by atoms with Crippen LogP contribution in [0, 0.1) is 13.8 Å². The lowest BCUT2D eigenvalue weighted by molar-refractivity contribution is -0.111. The van der Waals surface area contributed by atoms with Crippen molar-refractivity contribution in [2.24, 2.45) is 0 Å². The first-order chi connectivity index (χ1) is 9.97. The van der Waals surface area contributed by atoms with Crippen LogP contribution in [0.2, 0.25) is 0 Å². The number of nitrogens with zero attached hydrogens (tertiary/aromatic N) is 1. The Morgan fingerprint density at radius 3 is 2.76 bits per heavy atom. The number of nitrogens with one attached hydrogen (secondary N) is 1. The van der Waals surface area contributed by atoms with E-state index < -0.39 is 5.97 Å². The zero-order chi connectivity index (χ0) is 15.4. The number of hydrogen-bond donors (Lipinski definition) is 2. The van der Waals surface area contributed by atoms with Gasteiger partial charge in [-0.05, 0) is 37.0 Å². The third kappa shape index (κ3) is 3.76. The molecule has 1 amide bonds. The molecule has 2 N–H and O–H groups in total. The van der Waals surface area contributed by atoms with E-state index >= 15 is 0 Å². The molecule has 0 saturated carbocycles. The van der Waals surface area contributed by atoms with E-state index in [-0.39, 0.29) is 16.5 Å². The van der Waals surface area contributed by atoms with Gasteiger partial charge < -0.3 is 10.4 Å². The van der Waals surface area contributed by atoms with Crippen LogP contribution in [-0.2, 0) is 4.79 Å². The van der Waals surface area contributed by atoms with Crippen LogP contribution in [-0.4, -0.2) is 21.4 Å². The number of hydrogen-bond acceptors (Lipinski definition) is 4. The van der Waals surface area contributed by atoms with Crippen LogP contribution in [0.15, 0.2) is 30.3 Å². The molecule has 0 aliphatic heterocycles. The zero-order valence-corrected chi connectivity index (χ0v) is 12.4. The highest BCUT2D eigenvalue weighted by molar-refractivity contribution is 7.11. The van der Waals surface area contributed by atoms with E-state index in [1.54, 1.807) is 13.0 Å². The van der Waals surface area contributed by atoms with E-state index in [4.69, 9.17) is 5.11 Å². The third-order valence-corrected chi connectivity index (χ3v) is 3.64. The standard InChI is InChI=1S/C15H14N2O3S/c1-9-4-3-5-11(8-9)6-7-12(18)16-14-13(15(19)20)10(2)17-21-14/h3-8H,1-2H3,(H,16,18)(H,19,20)/b7-6+. The summed E-state index contributed by atoms with van der Waals surface area (Å²) in [6.07, 6.45) is 3.05. The molecule has 0 atom stereocenters. The van der Waals surface area contributed by atoms with Gasteiger partial charge >= 0.3 is 5.97 Å². The topological polar surface area (TPSA) is 79.3 Å². The van der Waals surface area contributed by atoms with E-state index in [1.807, 2.05) is 31.2 Å². The first-order valence-electron chi connectivity index (χ1n) is 6.22. The first kappa shape index (κ1) is 14.9. The van der Waals surface area contributed by atoms with Gasteiger partial charge in [-0.3, -0.25) is 4.79 Å². The van der Waals surface area contributed by atoms with E-state index in [2.05, 4.69) is 9.69 Å². The van der Waals surface area contributed by atoms with Gasteiger partial charge in [0.2, 0.25) is 5.91 Å². The van der Waals surface area contributed by atoms with Crippen LogP contribution < -0.4 is 5.32 Å². The van der Waals surface area contributed by atoms with Crippen LogP contribution in [0.1, 0.15) is 27.2 Å². The number of aryl methyl sites for hydroxylation is 2. The Kier molecular flexibility index (Phi) is 4.49. The van der Waals surface area contributed by atoms with Crippen LogP contribution in [0.25, 0.3) is 6.08 Å². The van der Waals surface area contributed by atoms with E-state index in [0.717, 1.165) is 22.7 Å². The highest BCUT2D eigenvalue weighted by Crippen LogP contribution is 2.24. The molecule has 1 heterocycles. The van der Waals surface area contributed by atoms with Crippen molar-refractivity contribution in [3.05, 3.63) is 52.7 Å². The summed E-state index contributed by atoms with van der Waals surface area (Å²) in [5.41, 5.74) is 2.44. The van der Waals surface area contributed by atoms with Crippen molar-refractivity contribution in [2.45, 2.75) is 13.8 Å². The molecule has 108 valence electrons. The summed E-state index contributed by atoms with van der Waals surface area (Å²) >= 11 is 0.960. The smallest absolute Gasteiger partial charge is 0.340 e. The Morgan fingerprint density at radius 1 is 1.33 bits per heavy atom. The fourth-order valence-electron chi connectivity index (χ4n) is 1.81. The maximum atomic E-state index is 11.8. The van der Waals surface area contributed by atoms with Crippen LogP contribution >= 0.6 is 11.5 Å². The van der Waals surface area contributed by atoms with Gasteiger partial charge in [-0.25, -0.2) is 4.79 Å². The predicted molar refractivity (Wildman–Crippen MR) is 82.7 cm³/mol. The number of aromatic nitrogens is 1. The lowest BCUT2D eigenvalue weighted by Crippen LogP contribution is -2.10. The van der Waals surface area contributed by atoms with Gasteiger partial charge in [0.05, 0.1) is 5.69 Å². The van der Waals surface area contributed by atoms with Gasteiger partial charge in [0, 0.05) is 6.08 Å². The summed E-state index contributed by atoms with van der Waals surface area (Å²) in [4.78, 5) is 22.9. The van der Waals surface area contributed by atoms with Gasteiger partial charge in [0.1, 0.15) is 10.6 Å². The fourth-order valence-corrected chi connectivity index (χ4v) is 2.60. The number of carbonyl (C=O) groups excluding carboxylic acids is 1. The lowest BCUT2D eigenvalue weighted by atomic mass is 10.1. The van der Waals surface area contributed by atoms with Gasteiger partial charge in [0.15, 0.2) is 0 Å². The number of benzene rings is 1. The molecule has 0 aliphatic rings. The number of carbonyl (C=O) groups is 2. The molecule has 0 unspecified atom stereocenters. The highest BCUT2D eigenvalue weighted by atomic mass is 32.1. The van der Waals surface area contributed by atoms with E-state index in [0.29, 0.717) is 5.69 Å². The van der Waals surface area contributed by atoms with Crippen molar-refractivity contribution in [2.75, 3.05) is 5.32 Å². The summed E-state index contributed by atoms with van der Waals surface area (Å²) in [7, 11) is 0. The fraction of sp³-hybridized carbons (Fsp3) is 0.133. The number of aromatic carboxylic acids is 1. The molecule has 0 spiro atoms. The number of anilines is 1. The first-order valence-corrected chi connectivity index (χ1v) is 7.00. The van der Waals surface area contributed by atoms with E-state index in [9.17, 15) is 9.59 Å². The molecular weight excluding hydrogens is 288 g/mol. The molecule has 0 radical (unpaired) electrons. The molecule has 0 aliphatic carbocycles. The second-order valence-electron chi connectivity index (χ2n) is 4.51. The average Bonchev–Trinajstić information content (AvgIpc) is 2.77. The minimum absolute atomic E-state index is 0.0392. The van der Waals surface area contributed by atoms with Crippen LogP contribution in [0.5, 0.6) is 0 Å². The minimum atomic E-state index is -1.10. The number of amides is 1. The third-order valence-electron chi connectivity index (χ3n) is 2.78. The molecule has 6 heteroatoms. The molecule has 1 aromatic heterocycles. The Balaban J connectivity index is 2.11. The molecule has 1 aromatic carbocycles. The number of carboxylic acid groups (broad SMARTS) is 1. The second-order valence-corrected chi connectivity index (χ2v) is 5.29. The summed E-state index contributed by atoms with van der Waals surface area (Å²) in [6, 6.07) is 7.71. The predicted octanol–water partition coefficient (Wildman–Crippen LogP) is 3.11. The molecule has 0 saturated heterocycles. The average molecular weight is 302 g/mol. The maximum Gasteiger partial charge on any atom is 0.340 e. The summed E-state index contributed by atoms with van der Waals surface area (Å²) in [5.74, 6) is -1.48. The molecular formula is C15H14N2O3S. The quantitative estimate of drug-likeness (QED) is 0.850. The summed E-state index contributed by atoms with van der Waals surface area (Å²) in [5, 5.41) is 11.9. The largest absolute Gasteiger partial charge is 0.478 e. The number of carboxylic acids is 1. The molecule has 2 rings (SSSR count). The van der Waals surface area contributed by atoms with Crippen molar-refractivity contribution in [3.8, 4) is 0 Å². The lowest BCUT2D eigenvalue weighted by Gasteiger charge is -2.00. The summed E-state index contributed by atoms with van der Waals surface area (Å²) in [6.45, 7) is 3.56. The Labute approximate surface area is 126 Å². The van der Waals surface area contributed by atoms with Crippen molar-refractivity contribution >= 4 is 34.5 Å². The molecule has 2 aromatic rings. The monoisotopic (exact) mass is 302 g/mol. The number of rotatable bonds is 4. The highest BCUT2D eigenvalue weighted by Gasteiger charge is 2.18. The second kappa shape index (κ2) is 6.32. The molecule has 5 nitrogen and oxygen atoms in total. The van der Waals surface area contributed by atoms with E-state index in [1.165, 1.54) is 6.08 Å². The van der Waals surface area contributed by atoms with Gasteiger partial charge in [-0.2, -0.15) is 4.37 Å². The molecule has 21 heavy (non-hydrogen) atoms. The normalized spacial score (nSPS) is 10.8. The van der Waals surface area contributed by atoms with Gasteiger partial charge in [0.25, 0.3) is 0 Å². The Bertz CT molecular complexity index is 719. The Morgan fingerprint density at radius 2 is 2.10 bits per heavy atom. The molecule has 0 bridgehead atoms. The van der Waals surface area contributed by atoms with Gasteiger partial charge in [-0.15, -0.1) is 0 Å². The summed E-state index contributed by atoms with van der Waals surface area (Å²) < 4.78 is 3.94. The Hall–Kier alpha value is -2.47. The van der Waals surface area contributed by atoms with Crippen molar-refractivity contribution in [3.63, 3.8) is 0 Å². The van der Waals surface area contributed by atoms with Crippen molar-refractivity contribution < 1.29 is 14.7 Å². The van der Waals surface area contributed by atoms with Crippen molar-refractivity contribution in [1.82, 2.24) is 4.37 Å². The zero-order valence-electron chi connectivity index (χ0n) is 11.6. The van der Waals surface area contributed by atoms with Crippen molar-refractivity contribution in [1.29, 1.82) is 0 Å². The van der Waals surface area contributed by atoms with Gasteiger partial charge in [-0.1, -0.05) is 29.8 Å². The van der Waals surface area contributed by atoms with Crippen LogP contribution in [0.3, 0.4) is 0 Å².